The Labute approximate surface area is 121 Å². The number of terminal acetylenes is 1. The van der Waals surface area contributed by atoms with Crippen LogP contribution in [-0.4, -0.2) is 6.61 Å². The van der Waals surface area contributed by atoms with E-state index in [0.29, 0.717) is 6.61 Å². The van der Waals surface area contributed by atoms with Gasteiger partial charge in [-0.1, -0.05) is 61.7 Å². The minimum Gasteiger partial charge on any atom is -0.481 e. The van der Waals surface area contributed by atoms with Gasteiger partial charge in [-0.05, 0) is 30.2 Å². The Kier molecular flexibility index (Phi) is 4.15. The summed E-state index contributed by atoms with van der Waals surface area (Å²) in [6.45, 7) is 6.87. The first-order chi connectivity index (χ1) is 9.54. The molecule has 0 saturated heterocycles. The number of aryl methyl sites for hydroxylation is 1. The maximum Gasteiger partial charge on any atom is 0.148 e. The molecule has 0 amide bonds. The van der Waals surface area contributed by atoms with Crippen molar-refractivity contribution in [2.75, 3.05) is 6.61 Å². The van der Waals surface area contributed by atoms with Crippen LogP contribution in [-0.2, 0) is 5.41 Å². The largest absolute Gasteiger partial charge is 0.481 e. The molecule has 20 heavy (non-hydrogen) atoms. The molecule has 0 saturated carbocycles. The van der Waals surface area contributed by atoms with Crippen molar-refractivity contribution in [3.63, 3.8) is 0 Å². The minimum atomic E-state index is -0.0294. The van der Waals surface area contributed by atoms with E-state index in [-0.39, 0.29) is 5.41 Å². The molecule has 1 nitrogen and oxygen atoms in total. The Bertz CT molecular complexity index is 598. The lowest BCUT2D eigenvalue weighted by molar-refractivity contribution is 0.370. The van der Waals surface area contributed by atoms with Crippen LogP contribution in [0.15, 0.2) is 48.5 Å². The Balaban J connectivity index is 2.25. The Morgan fingerprint density at radius 2 is 1.45 bits per heavy atom. The van der Waals surface area contributed by atoms with E-state index in [1.54, 1.807) is 0 Å². The first-order valence-corrected chi connectivity index (χ1v) is 6.78. The molecule has 0 unspecified atom stereocenters. The summed E-state index contributed by atoms with van der Waals surface area (Å²) in [5.41, 5.74) is 3.82. The number of rotatable bonds is 4. The van der Waals surface area contributed by atoms with Crippen molar-refractivity contribution in [1.29, 1.82) is 0 Å². The van der Waals surface area contributed by atoms with Crippen molar-refractivity contribution in [3.05, 3.63) is 65.2 Å². The second kappa shape index (κ2) is 5.84. The summed E-state index contributed by atoms with van der Waals surface area (Å²) >= 11 is 0. The van der Waals surface area contributed by atoms with E-state index in [4.69, 9.17) is 11.2 Å². The zero-order valence-corrected chi connectivity index (χ0v) is 12.3. The quantitative estimate of drug-likeness (QED) is 0.747. The molecule has 0 aliphatic heterocycles. The fraction of sp³-hybridized carbons (Fsp3) is 0.263. The van der Waals surface area contributed by atoms with Crippen LogP contribution in [0.25, 0.3) is 0 Å². The number of ether oxygens (including phenoxy) is 1. The van der Waals surface area contributed by atoms with Crippen molar-refractivity contribution >= 4 is 0 Å². The molecule has 2 aromatic carbocycles. The van der Waals surface area contributed by atoms with Gasteiger partial charge in [0.05, 0.1) is 0 Å². The first kappa shape index (κ1) is 14.2. The summed E-state index contributed by atoms with van der Waals surface area (Å²) < 4.78 is 5.41. The van der Waals surface area contributed by atoms with Crippen molar-refractivity contribution in [2.24, 2.45) is 0 Å². The molecule has 0 radical (unpaired) electrons. The van der Waals surface area contributed by atoms with E-state index >= 15 is 0 Å². The smallest absolute Gasteiger partial charge is 0.148 e. The summed E-state index contributed by atoms with van der Waals surface area (Å²) in [7, 11) is 0. The average molecular weight is 264 g/mol. The molecule has 0 N–H and O–H groups in total. The summed E-state index contributed by atoms with van der Waals surface area (Å²) in [6, 6.07) is 16.8. The predicted octanol–water partition coefficient (Wildman–Crippen LogP) is 4.33. The number of hydrogen-bond donors (Lipinski definition) is 0. The van der Waals surface area contributed by atoms with Crippen LogP contribution >= 0.6 is 0 Å². The molecule has 0 bridgehead atoms. The Hall–Kier alpha value is -2.20. The minimum absolute atomic E-state index is 0.0294. The monoisotopic (exact) mass is 264 g/mol. The van der Waals surface area contributed by atoms with Gasteiger partial charge in [0.2, 0.25) is 0 Å². The first-order valence-electron chi connectivity index (χ1n) is 6.78. The summed E-state index contributed by atoms with van der Waals surface area (Å²) in [6.07, 6.45) is 5.19. The van der Waals surface area contributed by atoms with Gasteiger partial charge in [-0.15, -0.1) is 6.42 Å². The van der Waals surface area contributed by atoms with E-state index in [2.05, 4.69) is 63.1 Å². The van der Waals surface area contributed by atoms with Crippen molar-refractivity contribution in [3.8, 4) is 18.1 Å². The second-order valence-corrected chi connectivity index (χ2v) is 5.51. The summed E-state index contributed by atoms with van der Waals surface area (Å²) in [4.78, 5) is 0. The highest BCUT2D eigenvalue weighted by Gasteiger charge is 2.22. The van der Waals surface area contributed by atoms with Gasteiger partial charge in [0, 0.05) is 5.41 Å². The zero-order chi connectivity index (χ0) is 14.6. The van der Waals surface area contributed by atoms with E-state index < -0.39 is 0 Å². The second-order valence-electron chi connectivity index (χ2n) is 5.51. The fourth-order valence-electron chi connectivity index (χ4n) is 2.23. The molecule has 0 aliphatic rings. The summed E-state index contributed by atoms with van der Waals surface area (Å²) in [5.74, 6) is 3.28. The third kappa shape index (κ3) is 3.03. The average Bonchev–Trinajstić information content (AvgIpc) is 2.46. The van der Waals surface area contributed by atoms with Gasteiger partial charge in [-0.25, -0.2) is 0 Å². The maximum absolute atomic E-state index is 5.41. The molecule has 1 heteroatoms. The molecule has 0 aromatic heterocycles. The van der Waals surface area contributed by atoms with Gasteiger partial charge < -0.3 is 4.74 Å². The molecule has 2 rings (SSSR count). The van der Waals surface area contributed by atoms with Gasteiger partial charge in [0.25, 0.3) is 0 Å². The molecule has 2 aromatic rings. The van der Waals surface area contributed by atoms with E-state index in [1.165, 1.54) is 16.7 Å². The van der Waals surface area contributed by atoms with Crippen LogP contribution < -0.4 is 4.74 Å². The van der Waals surface area contributed by atoms with Crippen LogP contribution in [0, 0.1) is 19.3 Å². The van der Waals surface area contributed by atoms with Crippen molar-refractivity contribution in [2.45, 2.75) is 26.2 Å². The lowest BCUT2D eigenvalue weighted by atomic mass is 9.78. The third-order valence-electron chi connectivity index (χ3n) is 3.67. The fourth-order valence-corrected chi connectivity index (χ4v) is 2.23. The lowest BCUT2D eigenvalue weighted by Gasteiger charge is -2.26. The van der Waals surface area contributed by atoms with Crippen LogP contribution in [0.3, 0.4) is 0 Å². The molecule has 0 atom stereocenters. The number of benzene rings is 2. The number of hydrogen-bond acceptors (Lipinski definition) is 1. The van der Waals surface area contributed by atoms with E-state index in [9.17, 15) is 0 Å². The SMILES string of the molecule is C#CCOc1ccc(C(C)(C)c2ccc(C)cc2)cc1. The highest BCUT2D eigenvalue weighted by molar-refractivity contribution is 5.40. The normalized spacial score (nSPS) is 10.9. The molecule has 0 heterocycles. The zero-order valence-electron chi connectivity index (χ0n) is 12.3. The van der Waals surface area contributed by atoms with Gasteiger partial charge in [0.1, 0.15) is 12.4 Å². The molecule has 102 valence electrons. The third-order valence-corrected chi connectivity index (χ3v) is 3.67. The van der Waals surface area contributed by atoms with Gasteiger partial charge in [-0.2, -0.15) is 0 Å². The molecule has 0 fully saturated rings. The van der Waals surface area contributed by atoms with Gasteiger partial charge in [0.15, 0.2) is 0 Å². The topological polar surface area (TPSA) is 9.23 Å². The molecular weight excluding hydrogens is 244 g/mol. The van der Waals surface area contributed by atoms with Crippen LogP contribution in [0.1, 0.15) is 30.5 Å². The predicted molar refractivity (Wildman–Crippen MR) is 84.1 cm³/mol. The Morgan fingerprint density at radius 1 is 0.950 bits per heavy atom. The van der Waals surface area contributed by atoms with Crippen LogP contribution in [0.5, 0.6) is 5.75 Å². The van der Waals surface area contributed by atoms with E-state index in [1.807, 2.05) is 12.1 Å². The standard InChI is InChI=1S/C19H20O/c1-5-14-20-18-12-10-17(11-13-18)19(3,4)16-8-6-15(2)7-9-16/h1,6-13H,14H2,2-4H3. The summed E-state index contributed by atoms with van der Waals surface area (Å²) in [5, 5.41) is 0. The highest BCUT2D eigenvalue weighted by atomic mass is 16.5. The van der Waals surface area contributed by atoms with Gasteiger partial charge >= 0.3 is 0 Å². The van der Waals surface area contributed by atoms with E-state index in [0.717, 1.165) is 5.75 Å². The maximum atomic E-state index is 5.41. The van der Waals surface area contributed by atoms with Gasteiger partial charge in [-0.3, -0.25) is 0 Å². The highest BCUT2D eigenvalue weighted by Crippen LogP contribution is 2.32. The Morgan fingerprint density at radius 3 is 1.95 bits per heavy atom. The van der Waals surface area contributed by atoms with Crippen LogP contribution in [0.4, 0.5) is 0 Å². The van der Waals surface area contributed by atoms with Crippen LogP contribution in [0.2, 0.25) is 0 Å². The van der Waals surface area contributed by atoms with Crippen molar-refractivity contribution in [1.82, 2.24) is 0 Å². The molecule has 0 aliphatic carbocycles. The molecule has 0 spiro atoms. The lowest BCUT2D eigenvalue weighted by Crippen LogP contribution is -2.18. The van der Waals surface area contributed by atoms with Crippen molar-refractivity contribution < 1.29 is 4.74 Å². The molecular formula is C19H20O.